The summed E-state index contributed by atoms with van der Waals surface area (Å²) in [6.07, 6.45) is 0. The van der Waals surface area contributed by atoms with Crippen molar-refractivity contribution in [3.8, 4) is 22.8 Å². The lowest BCUT2D eigenvalue weighted by Gasteiger charge is -2.05. The van der Waals surface area contributed by atoms with Crippen LogP contribution in [0, 0.1) is 0 Å². The number of aromatic amines is 1. The van der Waals surface area contributed by atoms with Crippen molar-refractivity contribution in [1.29, 1.82) is 0 Å². The summed E-state index contributed by atoms with van der Waals surface area (Å²) in [7, 11) is 0. The summed E-state index contributed by atoms with van der Waals surface area (Å²) in [6.45, 7) is 0. The van der Waals surface area contributed by atoms with E-state index in [-0.39, 0.29) is 22.7 Å². The lowest BCUT2D eigenvalue weighted by atomic mass is 10.2. The first kappa shape index (κ1) is 19.0. The first-order valence-electron chi connectivity index (χ1n) is 8.25. The molecular formula is C18H12ClN5O4S. The summed E-state index contributed by atoms with van der Waals surface area (Å²) < 4.78 is 10.0. The van der Waals surface area contributed by atoms with Crippen molar-refractivity contribution >= 4 is 35.0 Å². The molecule has 2 N–H and O–H groups in total. The summed E-state index contributed by atoms with van der Waals surface area (Å²) >= 11 is 6.98. The van der Waals surface area contributed by atoms with Gasteiger partial charge in [-0.1, -0.05) is 40.7 Å². The lowest BCUT2D eigenvalue weighted by molar-refractivity contribution is -0.113. The molecule has 1 amide bonds. The minimum atomic E-state index is -0.650. The molecule has 2 aromatic carbocycles. The third kappa shape index (κ3) is 4.73. The molecule has 11 heteroatoms. The van der Waals surface area contributed by atoms with E-state index in [2.05, 4.69) is 30.2 Å². The van der Waals surface area contributed by atoms with Crippen LogP contribution in [-0.2, 0) is 4.79 Å². The van der Waals surface area contributed by atoms with Gasteiger partial charge in [0.1, 0.15) is 0 Å². The molecule has 0 fully saturated rings. The Morgan fingerprint density at radius 2 is 1.97 bits per heavy atom. The van der Waals surface area contributed by atoms with E-state index in [1.54, 1.807) is 48.5 Å². The number of hydrogen-bond acceptors (Lipinski definition) is 8. The zero-order chi connectivity index (χ0) is 20.2. The van der Waals surface area contributed by atoms with E-state index in [0.717, 1.165) is 17.3 Å². The maximum absolute atomic E-state index is 12.2. The molecule has 0 unspecified atom stereocenters. The highest BCUT2D eigenvalue weighted by Crippen LogP contribution is 2.25. The number of amides is 1. The Kier molecular flexibility index (Phi) is 5.45. The van der Waals surface area contributed by atoms with Gasteiger partial charge in [0.25, 0.3) is 5.22 Å². The van der Waals surface area contributed by atoms with Crippen LogP contribution in [0.5, 0.6) is 0 Å². The number of carbonyl (C=O) groups excluding carboxylic acids is 1. The summed E-state index contributed by atoms with van der Waals surface area (Å²) in [5.41, 5.74) is 1.89. The Bertz CT molecular complexity index is 1200. The van der Waals surface area contributed by atoms with Crippen LogP contribution < -0.4 is 11.1 Å². The predicted molar refractivity (Wildman–Crippen MR) is 107 cm³/mol. The van der Waals surface area contributed by atoms with Gasteiger partial charge in [0.05, 0.1) is 5.75 Å². The molecule has 0 radical (unpaired) electrons. The molecule has 9 nitrogen and oxygen atoms in total. The molecule has 4 aromatic rings. The second-order valence-electron chi connectivity index (χ2n) is 5.74. The van der Waals surface area contributed by atoms with Crippen molar-refractivity contribution in [2.75, 3.05) is 11.1 Å². The molecule has 0 aliphatic rings. The monoisotopic (exact) mass is 429 g/mol. The maximum Gasteiger partial charge on any atom is 0.439 e. The zero-order valence-electron chi connectivity index (χ0n) is 14.6. The minimum absolute atomic E-state index is 0.0767. The van der Waals surface area contributed by atoms with Gasteiger partial charge in [-0.15, -0.1) is 10.2 Å². The van der Waals surface area contributed by atoms with Gasteiger partial charge in [-0.25, -0.2) is 4.79 Å². The molecule has 0 atom stereocenters. The first-order chi connectivity index (χ1) is 14.1. The van der Waals surface area contributed by atoms with Crippen LogP contribution in [0.25, 0.3) is 22.8 Å². The van der Waals surface area contributed by atoms with Crippen LogP contribution >= 0.6 is 23.4 Å². The SMILES string of the molecule is O=C(CSc1nnc(-c2ccc(Cl)cc2)o1)Nc1cccc(-c2noc(=O)[nH]2)c1. The van der Waals surface area contributed by atoms with E-state index < -0.39 is 5.76 Å². The van der Waals surface area contributed by atoms with Gasteiger partial charge in [0, 0.05) is 21.8 Å². The molecule has 0 aliphatic carbocycles. The van der Waals surface area contributed by atoms with Crippen LogP contribution in [0.15, 0.2) is 67.5 Å². The molecule has 0 saturated carbocycles. The second-order valence-corrected chi connectivity index (χ2v) is 7.10. The standard InChI is InChI=1S/C18H12ClN5O4S/c19-12-6-4-10(5-7-12)16-22-23-18(27-16)29-9-14(25)20-13-3-1-2-11(8-13)15-21-17(26)28-24-15/h1-8H,9H2,(H,20,25)(H,21,24,26). The molecular weight excluding hydrogens is 418 g/mol. The number of carbonyl (C=O) groups is 1. The molecule has 0 bridgehead atoms. The van der Waals surface area contributed by atoms with Gasteiger partial charge in [-0.05, 0) is 36.4 Å². The Balaban J connectivity index is 1.36. The fourth-order valence-corrected chi connectivity index (χ4v) is 3.09. The van der Waals surface area contributed by atoms with Gasteiger partial charge in [-0.2, -0.15) is 0 Å². The predicted octanol–water partition coefficient (Wildman–Crippen LogP) is 3.46. The summed E-state index contributed by atoms with van der Waals surface area (Å²) in [5, 5.41) is 15.2. The number of thioether (sulfide) groups is 1. The number of halogens is 1. The van der Waals surface area contributed by atoms with Gasteiger partial charge >= 0.3 is 5.76 Å². The topological polar surface area (TPSA) is 127 Å². The number of rotatable bonds is 6. The van der Waals surface area contributed by atoms with E-state index in [4.69, 9.17) is 16.0 Å². The van der Waals surface area contributed by atoms with Crippen molar-refractivity contribution in [3.63, 3.8) is 0 Å². The Morgan fingerprint density at radius 1 is 1.14 bits per heavy atom. The largest absolute Gasteiger partial charge is 0.439 e. The third-order valence-electron chi connectivity index (χ3n) is 3.68. The highest BCUT2D eigenvalue weighted by molar-refractivity contribution is 7.99. The van der Waals surface area contributed by atoms with E-state index >= 15 is 0 Å². The van der Waals surface area contributed by atoms with E-state index in [1.807, 2.05) is 0 Å². The lowest BCUT2D eigenvalue weighted by Crippen LogP contribution is -2.14. The summed E-state index contributed by atoms with van der Waals surface area (Å²) in [5.74, 6) is -0.205. The zero-order valence-corrected chi connectivity index (χ0v) is 16.2. The number of H-pyrrole nitrogens is 1. The summed E-state index contributed by atoms with van der Waals surface area (Å²) in [6, 6.07) is 13.8. The fraction of sp³-hybridized carbons (Fsp3) is 0.0556. The van der Waals surface area contributed by atoms with E-state index in [0.29, 0.717) is 22.2 Å². The number of hydrogen-bond donors (Lipinski definition) is 2. The van der Waals surface area contributed by atoms with Gasteiger partial charge in [0.2, 0.25) is 11.8 Å². The molecule has 0 saturated heterocycles. The van der Waals surface area contributed by atoms with Crippen LogP contribution in [0.2, 0.25) is 5.02 Å². The van der Waals surface area contributed by atoms with E-state index in [9.17, 15) is 9.59 Å². The number of nitrogens with one attached hydrogen (secondary N) is 2. The fourth-order valence-electron chi connectivity index (χ4n) is 2.40. The average Bonchev–Trinajstić information content (AvgIpc) is 3.36. The molecule has 4 rings (SSSR count). The average molecular weight is 430 g/mol. The molecule has 2 heterocycles. The smallest absolute Gasteiger partial charge is 0.411 e. The molecule has 2 aromatic heterocycles. The van der Waals surface area contributed by atoms with Crippen LogP contribution in [-0.4, -0.2) is 32.0 Å². The normalized spacial score (nSPS) is 10.8. The highest BCUT2D eigenvalue weighted by atomic mass is 35.5. The Morgan fingerprint density at radius 3 is 2.72 bits per heavy atom. The van der Waals surface area contributed by atoms with Crippen molar-refractivity contribution in [2.45, 2.75) is 5.22 Å². The number of nitrogens with zero attached hydrogens (tertiary/aromatic N) is 3. The first-order valence-corrected chi connectivity index (χ1v) is 9.62. The quantitative estimate of drug-likeness (QED) is 0.446. The van der Waals surface area contributed by atoms with Gasteiger partial charge in [-0.3, -0.25) is 14.3 Å². The number of anilines is 1. The van der Waals surface area contributed by atoms with Crippen LogP contribution in [0.1, 0.15) is 0 Å². The minimum Gasteiger partial charge on any atom is -0.411 e. The second kappa shape index (κ2) is 8.33. The van der Waals surface area contributed by atoms with Crippen molar-refractivity contribution in [3.05, 3.63) is 64.1 Å². The highest BCUT2D eigenvalue weighted by Gasteiger charge is 2.12. The molecule has 0 aliphatic heterocycles. The molecule has 146 valence electrons. The Labute approximate surface area is 172 Å². The van der Waals surface area contributed by atoms with Gasteiger partial charge < -0.3 is 9.73 Å². The van der Waals surface area contributed by atoms with Crippen molar-refractivity contribution in [1.82, 2.24) is 20.3 Å². The van der Waals surface area contributed by atoms with Crippen molar-refractivity contribution < 1.29 is 13.7 Å². The van der Waals surface area contributed by atoms with Gasteiger partial charge in [0.15, 0.2) is 5.82 Å². The molecule has 0 spiro atoms. The molecule has 29 heavy (non-hydrogen) atoms. The number of aromatic nitrogens is 4. The summed E-state index contributed by atoms with van der Waals surface area (Å²) in [4.78, 5) is 25.7. The van der Waals surface area contributed by atoms with E-state index in [1.165, 1.54) is 0 Å². The number of benzene rings is 2. The maximum atomic E-state index is 12.2. The van der Waals surface area contributed by atoms with Crippen LogP contribution in [0.4, 0.5) is 5.69 Å². The van der Waals surface area contributed by atoms with Crippen molar-refractivity contribution in [2.24, 2.45) is 0 Å². The third-order valence-corrected chi connectivity index (χ3v) is 4.75. The van der Waals surface area contributed by atoms with Crippen LogP contribution in [0.3, 0.4) is 0 Å². The Hall–Kier alpha value is -3.37.